The molecule has 77 heavy (non-hydrogen) atoms. The summed E-state index contributed by atoms with van der Waals surface area (Å²) in [6, 6.07) is -0.930. The number of phosphoric acid groups is 1. The standard InChI is InChI=1S/C68H113N2O6P/c1-6-8-10-12-14-16-18-20-22-24-26-27-28-29-30-31-32-33-34-35-36-37-38-39-40-41-42-43-44-46-48-50-52-54-56-58-60-62-68(72)69-66(65-76-77(73,74)75-64-63-70(3,4)5)67(71)61-59-57-55-53-51-49-47-45-25-23-21-19-17-15-13-11-9-7-2/h8,10,14,16,20,22,25-27,29-30,32-33,35-36,38-39,41-42,44-46,51,53,59,61,66-67,71H,6-7,9,11-13,15,17-19,21,23-24,28,31,34,37,40,43,47-50,52,54-58,60,62-65H2,1-5H3,(H-,69,72,73,74)/b10-8-,16-14-,22-20-,27-26-,30-29-,33-32-,36-35-,39-38-,42-41-,45-25+,46-44-,53-51+,61-59+. The van der Waals surface area contributed by atoms with E-state index in [-0.39, 0.29) is 12.5 Å². The molecule has 0 aromatic carbocycles. The van der Waals surface area contributed by atoms with E-state index in [0.717, 1.165) is 135 Å². The van der Waals surface area contributed by atoms with Gasteiger partial charge in [-0.3, -0.25) is 9.36 Å². The van der Waals surface area contributed by atoms with Gasteiger partial charge in [-0.25, -0.2) is 0 Å². The molecule has 0 saturated heterocycles. The molecule has 0 rings (SSSR count). The van der Waals surface area contributed by atoms with Gasteiger partial charge < -0.3 is 28.8 Å². The van der Waals surface area contributed by atoms with Gasteiger partial charge in [0.25, 0.3) is 7.82 Å². The minimum atomic E-state index is -4.63. The van der Waals surface area contributed by atoms with Crippen molar-refractivity contribution >= 4 is 13.7 Å². The van der Waals surface area contributed by atoms with Crippen LogP contribution in [0.2, 0.25) is 0 Å². The zero-order valence-corrected chi connectivity index (χ0v) is 50.5. The number of likely N-dealkylation sites (N-methyl/N-ethyl adjacent to an activating group) is 1. The number of hydrogen-bond donors (Lipinski definition) is 2. The maximum atomic E-state index is 13.0. The third kappa shape index (κ3) is 59.6. The van der Waals surface area contributed by atoms with Crippen LogP contribution in [-0.4, -0.2) is 68.5 Å². The summed E-state index contributed by atoms with van der Waals surface area (Å²) in [5.41, 5.74) is 0. The molecule has 3 atom stereocenters. The quantitative estimate of drug-likeness (QED) is 0.0272. The lowest BCUT2D eigenvalue weighted by atomic mass is 10.1. The maximum Gasteiger partial charge on any atom is 0.268 e. The van der Waals surface area contributed by atoms with Crippen molar-refractivity contribution in [3.63, 3.8) is 0 Å². The summed E-state index contributed by atoms with van der Waals surface area (Å²) < 4.78 is 23.3. The van der Waals surface area contributed by atoms with Crippen LogP contribution < -0.4 is 10.2 Å². The van der Waals surface area contributed by atoms with E-state index in [0.29, 0.717) is 17.4 Å². The molecule has 8 nitrogen and oxygen atoms in total. The number of carbonyl (C=O) groups is 1. The summed E-state index contributed by atoms with van der Waals surface area (Å²) in [5.74, 6) is -0.233. The van der Waals surface area contributed by atoms with Crippen molar-refractivity contribution < 1.29 is 32.9 Å². The number of unbranched alkanes of at least 4 members (excludes halogenated alkanes) is 16. The number of phosphoric ester groups is 1. The van der Waals surface area contributed by atoms with E-state index in [4.69, 9.17) is 9.05 Å². The van der Waals surface area contributed by atoms with Crippen LogP contribution in [0.1, 0.15) is 213 Å². The van der Waals surface area contributed by atoms with E-state index in [9.17, 15) is 19.4 Å². The molecular formula is C68H113N2O6P. The number of allylic oxidation sites excluding steroid dienone is 25. The largest absolute Gasteiger partial charge is 0.756 e. The lowest BCUT2D eigenvalue weighted by molar-refractivity contribution is -0.870. The molecule has 0 spiro atoms. The molecule has 436 valence electrons. The summed E-state index contributed by atoms with van der Waals surface area (Å²) in [6.07, 6.45) is 89.0. The highest BCUT2D eigenvalue weighted by atomic mass is 31.2. The monoisotopic (exact) mass is 1080 g/mol. The fraction of sp³-hybridized carbons (Fsp3) is 0.603. The number of aliphatic hydroxyl groups excluding tert-OH is 1. The molecular weight excluding hydrogens is 972 g/mol. The van der Waals surface area contributed by atoms with E-state index in [2.05, 4.69) is 165 Å². The molecule has 0 fully saturated rings. The summed E-state index contributed by atoms with van der Waals surface area (Å²) >= 11 is 0. The first-order valence-corrected chi connectivity index (χ1v) is 31.8. The Bertz CT molecular complexity index is 1810. The Balaban J connectivity index is 4.28. The fourth-order valence-electron chi connectivity index (χ4n) is 7.74. The number of carbonyl (C=O) groups excluding carboxylic acids is 1. The van der Waals surface area contributed by atoms with Gasteiger partial charge in [-0.05, 0) is 122 Å². The first kappa shape index (κ1) is 73.1. The molecule has 0 heterocycles. The Kier molecular flexibility index (Phi) is 54.0. The van der Waals surface area contributed by atoms with Gasteiger partial charge in [0.1, 0.15) is 13.2 Å². The molecule has 0 aliphatic rings. The Labute approximate surface area is 473 Å². The lowest BCUT2D eigenvalue weighted by Crippen LogP contribution is -2.45. The second-order valence-electron chi connectivity index (χ2n) is 20.9. The number of quaternary nitrogens is 1. The number of nitrogens with one attached hydrogen (secondary N) is 1. The average Bonchev–Trinajstić information content (AvgIpc) is 3.39. The van der Waals surface area contributed by atoms with E-state index in [1.807, 2.05) is 27.2 Å². The molecule has 0 aromatic heterocycles. The van der Waals surface area contributed by atoms with Crippen LogP contribution in [0.5, 0.6) is 0 Å². The van der Waals surface area contributed by atoms with Gasteiger partial charge in [0.15, 0.2) is 0 Å². The summed E-state index contributed by atoms with van der Waals surface area (Å²) in [5, 5.41) is 13.8. The highest BCUT2D eigenvalue weighted by Gasteiger charge is 2.23. The maximum absolute atomic E-state index is 13.0. The first-order chi connectivity index (χ1) is 37.5. The molecule has 0 radical (unpaired) electrons. The van der Waals surface area contributed by atoms with Gasteiger partial charge in [0.2, 0.25) is 5.91 Å². The summed E-state index contributed by atoms with van der Waals surface area (Å²) in [7, 11) is 1.20. The number of hydrogen-bond acceptors (Lipinski definition) is 6. The normalized spacial score (nSPS) is 14.9. The zero-order valence-electron chi connectivity index (χ0n) is 49.6. The molecule has 0 saturated carbocycles. The Morgan fingerprint density at radius 3 is 1.21 bits per heavy atom. The highest BCUT2D eigenvalue weighted by Crippen LogP contribution is 2.38. The van der Waals surface area contributed by atoms with Crippen molar-refractivity contribution in [2.45, 2.75) is 225 Å². The number of rotatable bonds is 53. The van der Waals surface area contributed by atoms with Gasteiger partial charge in [0, 0.05) is 6.42 Å². The smallest absolute Gasteiger partial charge is 0.268 e. The van der Waals surface area contributed by atoms with Crippen molar-refractivity contribution in [1.29, 1.82) is 0 Å². The van der Waals surface area contributed by atoms with Crippen molar-refractivity contribution in [2.24, 2.45) is 0 Å². The molecule has 9 heteroatoms. The molecule has 0 aliphatic carbocycles. The minimum Gasteiger partial charge on any atom is -0.756 e. The number of nitrogens with zero attached hydrogens (tertiary/aromatic N) is 1. The Morgan fingerprint density at radius 1 is 0.468 bits per heavy atom. The molecule has 0 bridgehead atoms. The van der Waals surface area contributed by atoms with Crippen molar-refractivity contribution in [1.82, 2.24) is 5.32 Å². The van der Waals surface area contributed by atoms with Crippen LogP contribution in [0.4, 0.5) is 0 Å². The number of aliphatic hydroxyl groups is 1. The lowest BCUT2D eigenvalue weighted by Gasteiger charge is -2.29. The molecule has 0 aliphatic heterocycles. The van der Waals surface area contributed by atoms with Crippen LogP contribution in [0.3, 0.4) is 0 Å². The van der Waals surface area contributed by atoms with Gasteiger partial charge >= 0.3 is 0 Å². The predicted molar refractivity (Wildman–Crippen MR) is 334 cm³/mol. The van der Waals surface area contributed by atoms with E-state index in [1.54, 1.807) is 6.08 Å². The second kappa shape index (κ2) is 56.8. The van der Waals surface area contributed by atoms with Crippen LogP contribution >= 0.6 is 7.82 Å². The highest BCUT2D eigenvalue weighted by molar-refractivity contribution is 7.45. The molecule has 1 amide bonds. The second-order valence-corrected chi connectivity index (χ2v) is 22.4. The third-order valence-electron chi connectivity index (χ3n) is 12.4. The van der Waals surface area contributed by atoms with Crippen molar-refractivity contribution in [3.05, 3.63) is 158 Å². The topological polar surface area (TPSA) is 108 Å². The molecule has 3 unspecified atom stereocenters. The van der Waals surface area contributed by atoms with Crippen LogP contribution in [0.25, 0.3) is 0 Å². The summed E-state index contributed by atoms with van der Waals surface area (Å²) in [4.78, 5) is 25.5. The van der Waals surface area contributed by atoms with Crippen molar-refractivity contribution in [2.75, 3.05) is 40.9 Å². The van der Waals surface area contributed by atoms with E-state index >= 15 is 0 Å². The van der Waals surface area contributed by atoms with Gasteiger partial charge in [-0.1, -0.05) is 242 Å². The third-order valence-corrected chi connectivity index (χ3v) is 13.4. The van der Waals surface area contributed by atoms with Gasteiger partial charge in [-0.15, -0.1) is 0 Å². The molecule has 0 aromatic rings. The predicted octanol–water partition coefficient (Wildman–Crippen LogP) is 18.4. The van der Waals surface area contributed by atoms with Crippen LogP contribution in [0, 0.1) is 0 Å². The van der Waals surface area contributed by atoms with E-state index in [1.165, 1.54) is 57.8 Å². The van der Waals surface area contributed by atoms with Crippen LogP contribution in [0.15, 0.2) is 158 Å². The minimum absolute atomic E-state index is 0.0208. The average molecular weight is 1090 g/mol. The number of amides is 1. The Morgan fingerprint density at radius 2 is 0.805 bits per heavy atom. The van der Waals surface area contributed by atoms with Gasteiger partial charge in [-0.2, -0.15) is 0 Å². The van der Waals surface area contributed by atoms with E-state index < -0.39 is 26.6 Å². The van der Waals surface area contributed by atoms with Crippen molar-refractivity contribution in [3.8, 4) is 0 Å². The fourth-order valence-corrected chi connectivity index (χ4v) is 8.46. The Hall–Kier alpha value is -3.88. The summed E-state index contributed by atoms with van der Waals surface area (Å²) in [6.45, 7) is 4.47. The van der Waals surface area contributed by atoms with Crippen LogP contribution in [-0.2, 0) is 18.4 Å². The van der Waals surface area contributed by atoms with Gasteiger partial charge in [0.05, 0.1) is 39.9 Å². The molecule has 2 N–H and O–H groups in total. The SMILES string of the molecule is CC/C=C\C/C=C\C/C=C\C/C=C\C/C=C\C/C=C\C/C=C\C/C=C\C/C=C\C/C=C\CCCCCCCCC(=O)NC(COP(=O)([O-])OCC[N+](C)(C)C)C(O)/C=C/CC/C=C/CC/C=C/CCCCCCCCCC. The zero-order chi connectivity index (χ0) is 56.3. The first-order valence-electron chi connectivity index (χ1n) is 30.3.